The normalized spacial score (nSPS) is 23.4. The second-order valence-electron chi connectivity index (χ2n) is 3.59. The van der Waals surface area contributed by atoms with Crippen molar-refractivity contribution in [2.45, 2.75) is 24.3 Å². The lowest BCUT2D eigenvalue weighted by Crippen LogP contribution is -2.37. The standard InChI is InChI=1S/C9H11F3O3S/c10-9(11,12)8(16(13,14)15)6-7-4-2-1-3-5-7/h1-4,7-8H,5-6H2,(H,13,14,15). The van der Waals surface area contributed by atoms with Crippen molar-refractivity contribution in [3.05, 3.63) is 24.3 Å². The summed E-state index contributed by atoms with van der Waals surface area (Å²) in [5, 5.41) is -2.71. The molecule has 0 spiro atoms. The van der Waals surface area contributed by atoms with Crippen LogP contribution in [-0.2, 0) is 10.1 Å². The summed E-state index contributed by atoms with van der Waals surface area (Å²) in [5.74, 6) is -0.515. The van der Waals surface area contributed by atoms with Crippen LogP contribution in [0.1, 0.15) is 12.8 Å². The van der Waals surface area contributed by atoms with Gasteiger partial charge < -0.3 is 0 Å². The molecule has 0 heterocycles. The number of rotatable bonds is 3. The molecule has 0 amide bonds. The first kappa shape index (κ1) is 13.2. The summed E-state index contributed by atoms with van der Waals surface area (Å²) in [6.45, 7) is 0. The smallest absolute Gasteiger partial charge is 0.285 e. The van der Waals surface area contributed by atoms with E-state index in [0.29, 0.717) is 6.42 Å². The Bertz CT molecular complexity index is 395. The molecule has 0 radical (unpaired) electrons. The second-order valence-corrected chi connectivity index (χ2v) is 5.19. The highest BCUT2D eigenvalue weighted by atomic mass is 32.2. The Morgan fingerprint density at radius 1 is 1.38 bits per heavy atom. The highest BCUT2D eigenvalue weighted by Crippen LogP contribution is 2.32. The van der Waals surface area contributed by atoms with E-state index < -0.39 is 33.9 Å². The SMILES string of the molecule is O=S(=O)(O)C(CC1C=CC=CC1)C(F)(F)F. The Balaban J connectivity index is 2.80. The van der Waals surface area contributed by atoms with Crippen molar-refractivity contribution < 1.29 is 26.1 Å². The van der Waals surface area contributed by atoms with Gasteiger partial charge in [0.15, 0.2) is 5.25 Å². The molecule has 1 N–H and O–H groups in total. The van der Waals surface area contributed by atoms with Gasteiger partial charge >= 0.3 is 6.18 Å². The average Bonchev–Trinajstić information content (AvgIpc) is 2.12. The first-order valence-electron chi connectivity index (χ1n) is 4.57. The molecule has 0 aromatic carbocycles. The third-order valence-corrected chi connectivity index (χ3v) is 3.49. The van der Waals surface area contributed by atoms with Gasteiger partial charge in [-0.1, -0.05) is 24.3 Å². The summed E-state index contributed by atoms with van der Waals surface area (Å²) in [6, 6.07) is 0. The molecular weight excluding hydrogens is 245 g/mol. The fourth-order valence-electron chi connectivity index (χ4n) is 1.51. The van der Waals surface area contributed by atoms with Crippen LogP contribution in [0.5, 0.6) is 0 Å². The lowest BCUT2D eigenvalue weighted by molar-refractivity contribution is -0.134. The van der Waals surface area contributed by atoms with Crippen molar-refractivity contribution in [3.8, 4) is 0 Å². The quantitative estimate of drug-likeness (QED) is 0.788. The molecule has 16 heavy (non-hydrogen) atoms. The van der Waals surface area contributed by atoms with Crippen LogP contribution in [-0.4, -0.2) is 24.4 Å². The Morgan fingerprint density at radius 3 is 2.38 bits per heavy atom. The molecule has 1 aliphatic carbocycles. The Morgan fingerprint density at radius 2 is 2.00 bits per heavy atom. The fraction of sp³-hybridized carbons (Fsp3) is 0.556. The number of hydrogen-bond donors (Lipinski definition) is 1. The van der Waals surface area contributed by atoms with Gasteiger partial charge in [-0.3, -0.25) is 4.55 Å². The van der Waals surface area contributed by atoms with Crippen LogP contribution in [0.25, 0.3) is 0 Å². The van der Waals surface area contributed by atoms with Crippen molar-refractivity contribution >= 4 is 10.1 Å². The molecule has 2 unspecified atom stereocenters. The molecule has 92 valence electrons. The molecule has 0 fully saturated rings. The Hall–Kier alpha value is -0.820. The maximum Gasteiger partial charge on any atom is 0.407 e. The van der Waals surface area contributed by atoms with Gasteiger partial charge in [-0.05, 0) is 18.8 Å². The summed E-state index contributed by atoms with van der Waals surface area (Å²) in [7, 11) is -5.10. The summed E-state index contributed by atoms with van der Waals surface area (Å²) in [5.41, 5.74) is 0. The van der Waals surface area contributed by atoms with Gasteiger partial charge in [0.1, 0.15) is 0 Å². The van der Waals surface area contributed by atoms with E-state index >= 15 is 0 Å². The Kier molecular flexibility index (Phi) is 3.80. The van der Waals surface area contributed by atoms with Gasteiger partial charge in [0.25, 0.3) is 10.1 Å². The van der Waals surface area contributed by atoms with Crippen LogP contribution >= 0.6 is 0 Å². The van der Waals surface area contributed by atoms with E-state index in [9.17, 15) is 21.6 Å². The van der Waals surface area contributed by atoms with Gasteiger partial charge in [-0.25, -0.2) is 0 Å². The van der Waals surface area contributed by atoms with E-state index in [-0.39, 0.29) is 0 Å². The van der Waals surface area contributed by atoms with Crippen molar-refractivity contribution in [1.29, 1.82) is 0 Å². The van der Waals surface area contributed by atoms with E-state index in [2.05, 4.69) is 0 Å². The van der Waals surface area contributed by atoms with Gasteiger partial charge in [0.2, 0.25) is 0 Å². The van der Waals surface area contributed by atoms with Crippen LogP contribution in [0, 0.1) is 5.92 Å². The molecule has 0 aliphatic heterocycles. The zero-order valence-electron chi connectivity index (χ0n) is 8.18. The maximum absolute atomic E-state index is 12.4. The highest BCUT2D eigenvalue weighted by molar-refractivity contribution is 7.86. The molecular formula is C9H11F3O3S. The Labute approximate surface area is 91.4 Å². The molecule has 7 heteroatoms. The van der Waals surface area contributed by atoms with Gasteiger partial charge in [-0.2, -0.15) is 21.6 Å². The van der Waals surface area contributed by atoms with Crippen LogP contribution in [0.4, 0.5) is 13.2 Å². The second kappa shape index (κ2) is 4.58. The lowest BCUT2D eigenvalue weighted by Gasteiger charge is -2.21. The highest BCUT2D eigenvalue weighted by Gasteiger charge is 2.48. The zero-order chi connectivity index (χ0) is 12.4. The predicted molar refractivity (Wildman–Crippen MR) is 52.4 cm³/mol. The van der Waals surface area contributed by atoms with Gasteiger partial charge in [0.05, 0.1) is 0 Å². The average molecular weight is 256 g/mol. The number of hydrogen-bond acceptors (Lipinski definition) is 2. The third kappa shape index (κ3) is 3.64. The summed E-state index contributed by atoms with van der Waals surface area (Å²) < 4.78 is 67.0. The topological polar surface area (TPSA) is 54.4 Å². The van der Waals surface area contributed by atoms with E-state index in [0.717, 1.165) is 0 Å². The molecule has 0 aromatic rings. The lowest BCUT2D eigenvalue weighted by atomic mass is 9.95. The summed E-state index contributed by atoms with van der Waals surface area (Å²) >= 11 is 0. The van der Waals surface area contributed by atoms with Crippen LogP contribution in [0.2, 0.25) is 0 Å². The third-order valence-electron chi connectivity index (χ3n) is 2.31. The van der Waals surface area contributed by atoms with E-state index in [4.69, 9.17) is 4.55 Å². The van der Waals surface area contributed by atoms with E-state index in [1.807, 2.05) is 0 Å². The van der Waals surface area contributed by atoms with Crippen LogP contribution in [0.3, 0.4) is 0 Å². The molecule has 0 saturated carbocycles. The minimum atomic E-state index is -5.10. The van der Waals surface area contributed by atoms with Crippen molar-refractivity contribution in [3.63, 3.8) is 0 Å². The molecule has 1 rings (SSSR count). The van der Waals surface area contributed by atoms with Crippen molar-refractivity contribution in [2.24, 2.45) is 5.92 Å². The minimum Gasteiger partial charge on any atom is -0.285 e. The van der Waals surface area contributed by atoms with Crippen molar-refractivity contribution in [2.75, 3.05) is 0 Å². The molecule has 0 bridgehead atoms. The number of allylic oxidation sites excluding steroid dienone is 4. The first-order valence-corrected chi connectivity index (χ1v) is 6.08. The van der Waals surface area contributed by atoms with E-state index in [1.165, 1.54) is 6.08 Å². The minimum absolute atomic E-state index is 0.346. The van der Waals surface area contributed by atoms with Crippen molar-refractivity contribution in [1.82, 2.24) is 0 Å². The maximum atomic E-state index is 12.4. The predicted octanol–water partition coefficient (Wildman–Crippen LogP) is 2.33. The van der Waals surface area contributed by atoms with Crippen LogP contribution in [0.15, 0.2) is 24.3 Å². The first-order chi connectivity index (χ1) is 7.21. The summed E-state index contributed by atoms with van der Waals surface area (Å²) in [6.07, 6.45) is 1.15. The molecule has 0 aromatic heterocycles. The molecule has 0 saturated heterocycles. The molecule has 2 atom stereocenters. The van der Waals surface area contributed by atoms with Gasteiger partial charge in [-0.15, -0.1) is 0 Å². The molecule has 3 nitrogen and oxygen atoms in total. The van der Waals surface area contributed by atoms with Crippen LogP contribution < -0.4 is 0 Å². The number of halogens is 3. The monoisotopic (exact) mass is 256 g/mol. The van der Waals surface area contributed by atoms with E-state index in [1.54, 1.807) is 18.2 Å². The fourth-order valence-corrected chi connectivity index (χ4v) is 2.33. The van der Waals surface area contributed by atoms with Gasteiger partial charge in [0, 0.05) is 0 Å². The summed E-state index contributed by atoms with van der Waals surface area (Å²) in [4.78, 5) is 0. The largest absolute Gasteiger partial charge is 0.407 e. The zero-order valence-corrected chi connectivity index (χ0v) is 9.00. The molecule has 1 aliphatic rings. The number of alkyl halides is 3.